The van der Waals surface area contributed by atoms with Crippen LogP contribution >= 0.6 is 0 Å². The van der Waals surface area contributed by atoms with E-state index in [0.717, 1.165) is 0 Å². The Hall–Kier alpha value is -4.07. The van der Waals surface area contributed by atoms with Crippen molar-refractivity contribution >= 4 is 29.8 Å². The number of aliphatic hydroxyl groups excluding tert-OH is 2. The quantitative estimate of drug-likeness (QED) is 0.180. The third-order valence-corrected chi connectivity index (χ3v) is 12.4. The highest BCUT2D eigenvalue weighted by molar-refractivity contribution is 5.99. The van der Waals surface area contributed by atoms with E-state index in [-0.39, 0.29) is 37.2 Å². The van der Waals surface area contributed by atoms with Gasteiger partial charge in [0, 0.05) is 47.5 Å². The fraction of sp³-hybridized carbons (Fsp3) is 0.643. The van der Waals surface area contributed by atoms with Gasteiger partial charge in [0.25, 0.3) is 0 Å². The summed E-state index contributed by atoms with van der Waals surface area (Å²) < 4.78 is 30.2. The van der Waals surface area contributed by atoms with Crippen molar-refractivity contribution in [3.8, 4) is 0 Å². The standard InChI is InChI=1S/C42H57NO12/c1-22(2)17-26(43-37(50)55-38(5,6)7)32(47)36(49)52-28-20-41(11)34(53-35(48)25-15-13-12-14-16-25)33-40(10,19-27(45)31(23(28)3)39(41,8)9)29(46)18-30-42(33,21-51-30)54-24(4)44/h12-17,26,28-30,32-34,46-47H,18-21H2,1-11H3,(H,43,50)/t26-,28-,29-,30+,32+,33-,34-,40+,41-,42-/m0/s1. The second-order valence-electron chi connectivity index (χ2n) is 18.0. The second-order valence-corrected chi connectivity index (χ2v) is 18.0. The second kappa shape index (κ2) is 14.8. The average Bonchev–Trinajstić information content (AvgIpc) is 3.05. The molecule has 0 radical (unpaired) electrons. The third kappa shape index (κ3) is 7.59. The summed E-state index contributed by atoms with van der Waals surface area (Å²) in [5.41, 5.74) is -3.97. The molecule has 3 aliphatic carbocycles. The first kappa shape index (κ1) is 42.1. The molecule has 55 heavy (non-hydrogen) atoms. The summed E-state index contributed by atoms with van der Waals surface area (Å²) in [6.45, 7) is 18.9. The van der Waals surface area contributed by atoms with Crippen molar-refractivity contribution in [2.75, 3.05) is 6.61 Å². The zero-order valence-corrected chi connectivity index (χ0v) is 33.8. The summed E-state index contributed by atoms with van der Waals surface area (Å²) in [4.78, 5) is 68.5. The molecule has 302 valence electrons. The Morgan fingerprint density at radius 2 is 1.65 bits per heavy atom. The van der Waals surface area contributed by atoms with Gasteiger partial charge in [-0.1, -0.05) is 57.5 Å². The fourth-order valence-corrected chi connectivity index (χ4v) is 9.45. The molecule has 0 unspecified atom stereocenters. The number of allylic oxidation sites excluding steroid dienone is 2. The van der Waals surface area contributed by atoms with Crippen LogP contribution in [0.5, 0.6) is 0 Å². The first-order valence-corrected chi connectivity index (χ1v) is 18.9. The smallest absolute Gasteiger partial charge is 0.408 e. The fourth-order valence-electron chi connectivity index (χ4n) is 9.45. The number of ketones is 1. The normalized spacial score (nSPS) is 33.5. The van der Waals surface area contributed by atoms with Gasteiger partial charge in [0.1, 0.15) is 23.9 Å². The minimum absolute atomic E-state index is 0.00493. The van der Waals surface area contributed by atoms with E-state index in [1.165, 1.54) is 13.0 Å². The molecule has 1 saturated heterocycles. The molecule has 0 aromatic heterocycles. The summed E-state index contributed by atoms with van der Waals surface area (Å²) in [5.74, 6) is -3.58. The molecule has 2 saturated carbocycles. The lowest BCUT2D eigenvalue weighted by molar-refractivity contribution is -0.344. The summed E-state index contributed by atoms with van der Waals surface area (Å²) >= 11 is 0. The van der Waals surface area contributed by atoms with Gasteiger partial charge >= 0.3 is 24.0 Å². The van der Waals surface area contributed by atoms with Crippen molar-refractivity contribution in [2.45, 2.75) is 143 Å². The monoisotopic (exact) mass is 767 g/mol. The lowest BCUT2D eigenvalue weighted by Crippen LogP contribution is -2.78. The molecular formula is C42H57NO12. The SMILES string of the molecule is CC(=O)O[C@@]12CO[C@@H]1C[C@H](O)[C@@]1(C)CC(=O)C3=C(C)[C@@H](OC(=O)[C@H](O)[C@H](C=C(C)C)NC(=O)OC(C)(C)C)C[C@@](C)([C@@H](OC(=O)c4ccccc4)[C@@H]12)C3(C)C. The van der Waals surface area contributed by atoms with Crippen LogP contribution in [0.2, 0.25) is 0 Å². The molecule has 1 aromatic rings. The Bertz CT molecular complexity index is 1770. The number of amides is 1. The number of esters is 3. The minimum Gasteiger partial charge on any atom is -0.458 e. The predicted molar refractivity (Wildman–Crippen MR) is 199 cm³/mol. The number of ether oxygens (including phenoxy) is 5. The number of benzene rings is 1. The number of fused-ring (bicyclic) bond motifs is 5. The first-order valence-electron chi connectivity index (χ1n) is 18.9. The van der Waals surface area contributed by atoms with Crippen LogP contribution in [0, 0.1) is 22.2 Å². The van der Waals surface area contributed by atoms with Gasteiger partial charge in [0.05, 0.1) is 24.3 Å². The molecular weight excluding hydrogens is 710 g/mol. The highest BCUT2D eigenvalue weighted by Crippen LogP contribution is 2.67. The van der Waals surface area contributed by atoms with Crippen molar-refractivity contribution < 1.29 is 57.9 Å². The van der Waals surface area contributed by atoms with Crippen molar-refractivity contribution in [3.63, 3.8) is 0 Å². The van der Waals surface area contributed by atoms with Gasteiger partial charge in [-0.05, 0) is 65.7 Å². The molecule has 4 aliphatic rings. The molecule has 1 aliphatic heterocycles. The first-order chi connectivity index (χ1) is 25.4. The zero-order chi connectivity index (χ0) is 41.1. The number of hydrogen-bond acceptors (Lipinski definition) is 12. The van der Waals surface area contributed by atoms with Crippen molar-refractivity contribution in [1.82, 2.24) is 5.32 Å². The summed E-state index contributed by atoms with van der Waals surface area (Å²) in [5, 5.41) is 25.8. The van der Waals surface area contributed by atoms with E-state index >= 15 is 0 Å². The lowest BCUT2D eigenvalue weighted by Gasteiger charge is -2.68. The van der Waals surface area contributed by atoms with Gasteiger partial charge in [-0.2, -0.15) is 0 Å². The molecule has 2 bridgehead atoms. The van der Waals surface area contributed by atoms with Crippen LogP contribution in [0.25, 0.3) is 0 Å². The highest BCUT2D eigenvalue weighted by Gasteiger charge is 2.75. The van der Waals surface area contributed by atoms with E-state index in [0.29, 0.717) is 16.7 Å². The maximum atomic E-state index is 14.8. The van der Waals surface area contributed by atoms with Gasteiger partial charge in [0.15, 0.2) is 17.5 Å². The van der Waals surface area contributed by atoms with Gasteiger partial charge in [-0.15, -0.1) is 0 Å². The Labute approximate surface area is 323 Å². The molecule has 1 amide bonds. The number of aliphatic hydroxyl groups is 2. The van der Waals surface area contributed by atoms with Crippen LogP contribution in [0.3, 0.4) is 0 Å². The molecule has 0 spiro atoms. The van der Waals surface area contributed by atoms with Crippen molar-refractivity contribution in [1.29, 1.82) is 0 Å². The molecule has 13 nitrogen and oxygen atoms in total. The Morgan fingerprint density at radius 1 is 1.02 bits per heavy atom. The molecule has 1 heterocycles. The molecule has 1 aromatic carbocycles. The van der Waals surface area contributed by atoms with Crippen molar-refractivity contribution in [2.24, 2.45) is 22.2 Å². The number of carbonyl (C=O) groups excluding carboxylic acids is 5. The minimum atomic E-state index is -1.87. The summed E-state index contributed by atoms with van der Waals surface area (Å²) in [6, 6.07) is 7.19. The Balaban J connectivity index is 1.64. The lowest BCUT2D eigenvalue weighted by atomic mass is 9.42. The number of nitrogens with one attached hydrogen (secondary N) is 1. The number of rotatable bonds is 8. The van der Waals surface area contributed by atoms with E-state index < -0.39 is 93.9 Å². The summed E-state index contributed by atoms with van der Waals surface area (Å²) in [7, 11) is 0. The van der Waals surface area contributed by atoms with E-state index in [4.69, 9.17) is 23.7 Å². The molecule has 13 heteroatoms. The van der Waals surface area contributed by atoms with Gasteiger partial charge in [-0.25, -0.2) is 14.4 Å². The van der Waals surface area contributed by atoms with E-state index in [9.17, 15) is 34.2 Å². The largest absolute Gasteiger partial charge is 0.458 e. The molecule has 3 N–H and O–H groups in total. The highest BCUT2D eigenvalue weighted by atomic mass is 16.6. The number of carbonyl (C=O) groups is 5. The van der Waals surface area contributed by atoms with Crippen LogP contribution < -0.4 is 5.32 Å². The van der Waals surface area contributed by atoms with Gasteiger partial charge in [0.2, 0.25) is 0 Å². The van der Waals surface area contributed by atoms with Gasteiger partial charge in [-0.3, -0.25) is 9.59 Å². The molecule has 5 rings (SSSR count). The third-order valence-electron chi connectivity index (χ3n) is 12.4. The molecule has 3 fully saturated rings. The van der Waals surface area contributed by atoms with Crippen molar-refractivity contribution in [3.05, 3.63) is 58.7 Å². The number of alkyl carbamates (subject to hydrolysis) is 1. The predicted octanol–water partition coefficient (Wildman–Crippen LogP) is 5.16. The average molecular weight is 768 g/mol. The zero-order valence-electron chi connectivity index (χ0n) is 33.8. The Morgan fingerprint density at radius 3 is 2.20 bits per heavy atom. The topological polar surface area (TPSA) is 184 Å². The summed E-state index contributed by atoms with van der Waals surface area (Å²) in [6.07, 6.45) is -5.39. The maximum Gasteiger partial charge on any atom is 0.408 e. The number of Topliss-reactive ketones (excluding diaryl/α,β-unsaturated/α-hetero) is 1. The van der Waals surface area contributed by atoms with E-state index in [2.05, 4.69) is 5.32 Å². The van der Waals surface area contributed by atoms with Crippen LogP contribution in [0.15, 0.2) is 53.1 Å². The number of hydrogen-bond donors (Lipinski definition) is 3. The van der Waals surface area contributed by atoms with E-state index in [1.807, 2.05) is 20.8 Å². The molecule has 10 atom stereocenters. The van der Waals surface area contributed by atoms with Crippen LogP contribution in [-0.4, -0.2) is 94.4 Å². The Kier molecular flexibility index (Phi) is 11.3. The van der Waals surface area contributed by atoms with Gasteiger partial charge < -0.3 is 39.2 Å². The van der Waals surface area contributed by atoms with Crippen LogP contribution in [0.4, 0.5) is 4.79 Å². The van der Waals surface area contributed by atoms with Crippen LogP contribution in [-0.2, 0) is 38.1 Å². The maximum absolute atomic E-state index is 14.8. The van der Waals surface area contributed by atoms with Crippen LogP contribution in [0.1, 0.15) is 106 Å². The van der Waals surface area contributed by atoms with E-state index in [1.54, 1.807) is 78.8 Å².